The number of esters is 1. The van der Waals surface area contributed by atoms with Gasteiger partial charge in [0.25, 0.3) is 0 Å². The quantitative estimate of drug-likeness (QED) is 0.807. The van der Waals surface area contributed by atoms with Crippen LogP contribution in [0.5, 0.6) is 0 Å². The summed E-state index contributed by atoms with van der Waals surface area (Å²) in [5.41, 5.74) is 0.398. The zero-order valence-electron chi connectivity index (χ0n) is 11.6. The Balaban J connectivity index is 2.17. The second kappa shape index (κ2) is 4.58. The van der Waals surface area contributed by atoms with E-state index in [1.54, 1.807) is 13.0 Å². The number of fused-ring (bicyclic) bond motifs is 1. The number of hydrogen-bond acceptors (Lipinski definition) is 3. The van der Waals surface area contributed by atoms with Crippen molar-refractivity contribution in [3.63, 3.8) is 0 Å². The molecule has 106 valence electrons. The smallest absolute Gasteiger partial charge is 0.319 e. The van der Waals surface area contributed by atoms with E-state index in [1.165, 1.54) is 6.07 Å². The fourth-order valence-corrected chi connectivity index (χ4v) is 2.71. The number of aryl methyl sites for hydroxylation is 1. The molecule has 0 aliphatic heterocycles. The SMILES string of the molecule is CCOC(=O)C1(c2nc3c(F)cccc3n2CC)CC1. The molecule has 1 saturated carbocycles. The fraction of sp³-hybridized carbons (Fsp3) is 0.467. The van der Waals surface area contributed by atoms with E-state index >= 15 is 0 Å². The van der Waals surface area contributed by atoms with Gasteiger partial charge in [-0.25, -0.2) is 9.37 Å². The minimum atomic E-state index is -0.669. The van der Waals surface area contributed by atoms with Gasteiger partial charge in [-0.3, -0.25) is 4.79 Å². The molecule has 0 bridgehead atoms. The first-order chi connectivity index (χ1) is 9.64. The molecule has 0 amide bonds. The molecule has 1 aliphatic rings. The molecule has 0 N–H and O–H groups in total. The lowest BCUT2D eigenvalue weighted by Crippen LogP contribution is -2.27. The highest BCUT2D eigenvalue weighted by Crippen LogP contribution is 2.49. The summed E-state index contributed by atoms with van der Waals surface area (Å²) in [4.78, 5) is 16.6. The Kier molecular flexibility index (Phi) is 3.00. The van der Waals surface area contributed by atoms with Crippen molar-refractivity contribution < 1.29 is 13.9 Å². The van der Waals surface area contributed by atoms with Gasteiger partial charge in [0.2, 0.25) is 0 Å². The number of halogens is 1. The van der Waals surface area contributed by atoms with Crippen LogP contribution in [0, 0.1) is 5.82 Å². The number of nitrogens with zero attached hydrogens (tertiary/aromatic N) is 2. The Morgan fingerprint density at radius 2 is 2.20 bits per heavy atom. The average Bonchev–Trinajstić information content (AvgIpc) is 3.15. The van der Waals surface area contributed by atoms with Crippen LogP contribution in [-0.2, 0) is 21.5 Å². The van der Waals surface area contributed by atoms with Crippen LogP contribution < -0.4 is 0 Å². The molecule has 5 heteroatoms. The molecule has 0 atom stereocenters. The normalized spacial score (nSPS) is 16.4. The fourth-order valence-electron chi connectivity index (χ4n) is 2.71. The monoisotopic (exact) mass is 276 g/mol. The Hall–Kier alpha value is -1.91. The van der Waals surface area contributed by atoms with E-state index in [4.69, 9.17) is 4.74 Å². The van der Waals surface area contributed by atoms with Gasteiger partial charge < -0.3 is 9.30 Å². The maximum Gasteiger partial charge on any atom is 0.319 e. The number of para-hydroxylation sites is 1. The Morgan fingerprint density at radius 1 is 1.45 bits per heavy atom. The number of carbonyl (C=O) groups excluding carboxylic acids is 1. The highest BCUT2D eigenvalue weighted by Gasteiger charge is 2.56. The molecule has 2 aromatic rings. The molecule has 1 aliphatic carbocycles. The molecule has 1 aromatic carbocycles. The number of aromatic nitrogens is 2. The number of ether oxygens (including phenoxy) is 1. The molecule has 20 heavy (non-hydrogen) atoms. The molecule has 0 spiro atoms. The lowest BCUT2D eigenvalue weighted by molar-refractivity contribution is -0.146. The number of rotatable bonds is 4. The van der Waals surface area contributed by atoms with Crippen molar-refractivity contribution in [2.45, 2.75) is 38.6 Å². The number of hydrogen-bond donors (Lipinski definition) is 0. The first-order valence-electron chi connectivity index (χ1n) is 6.96. The Bertz CT molecular complexity index is 674. The summed E-state index contributed by atoms with van der Waals surface area (Å²) in [5.74, 6) is 0.0413. The van der Waals surface area contributed by atoms with Crippen molar-refractivity contribution in [3.8, 4) is 0 Å². The summed E-state index contributed by atoms with van der Waals surface area (Å²) in [5, 5.41) is 0. The largest absolute Gasteiger partial charge is 0.465 e. The van der Waals surface area contributed by atoms with Gasteiger partial charge in [0.1, 0.15) is 16.8 Å². The van der Waals surface area contributed by atoms with Gasteiger partial charge in [0.15, 0.2) is 5.82 Å². The summed E-state index contributed by atoms with van der Waals surface area (Å²) in [6.07, 6.45) is 1.44. The topological polar surface area (TPSA) is 44.1 Å². The van der Waals surface area contributed by atoms with E-state index in [-0.39, 0.29) is 11.8 Å². The second-order valence-corrected chi connectivity index (χ2v) is 5.09. The van der Waals surface area contributed by atoms with Gasteiger partial charge in [-0.05, 0) is 38.8 Å². The van der Waals surface area contributed by atoms with Gasteiger partial charge in [0, 0.05) is 6.54 Å². The third-order valence-electron chi connectivity index (χ3n) is 3.89. The van der Waals surface area contributed by atoms with E-state index < -0.39 is 5.41 Å². The van der Waals surface area contributed by atoms with Crippen LogP contribution in [-0.4, -0.2) is 22.1 Å². The molecule has 4 nitrogen and oxygen atoms in total. The van der Waals surface area contributed by atoms with E-state index in [0.29, 0.717) is 24.5 Å². The van der Waals surface area contributed by atoms with Crippen LogP contribution in [0.2, 0.25) is 0 Å². The molecule has 1 fully saturated rings. The average molecular weight is 276 g/mol. The molecular weight excluding hydrogens is 259 g/mol. The van der Waals surface area contributed by atoms with Crippen LogP contribution in [0.25, 0.3) is 11.0 Å². The zero-order valence-corrected chi connectivity index (χ0v) is 11.6. The van der Waals surface area contributed by atoms with Gasteiger partial charge in [-0.15, -0.1) is 0 Å². The van der Waals surface area contributed by atoms with Crippen molar-refractivity contribution in [1.29, 1.82) is 0 Å². The van der Waals surface area contributed by atoms with Crippen LogP contribution in [0.4, 0.5) is 4.39 Å². The summed E-state index contributed by atoms with van der Waals surface area (Å²) in [6.45, 7) is 4.75. The standard InChI is InChI=1S/C15H17FN2O2/c1-3-18-11-7-5-6-10(16)12(11)17-13(18)15(8-9-15)14(19)20-4-2/h5-7H,3-4,8-9H2,1-2H3. The summed E-state index contributed by atoms with van der Waals surface area (Å²) < 4.78 is 21.0. The van der Waals surface area contributed by atoms with Crippen molar-refractivity contribution >= 4 is 17.0 Å². The van der Waals surface area contributed by atoms with Crippen molar-refractivity contribution in [2.75, 3.05) is 6.61 Å². The summed E-state index contributed by atoms with van der Waals surface area (Å²) >= 11 is 0. The molecule has 1 aromatic heterocycles. The van der Waals surface area contributed by atoms with Gasteiger partial charge >= 0.3 is 5.97 Å². The predicted octanol–water partition coefficient (Wildman–Crippen LogP) is 2.79. The minimum absolute atomic E-state index is 0.245. The third kappa shape index (κ3) is 1.72. The highest BCUT2D eigenvalue weighted by molar-refractivity contribution is 5.87. The van der Waals surface area contributed by atoms with Crippen LogP contribution in [0.3, 0.4) is 0 Å². The van der Waals surface area contributed by atoms with Crippen LogP contribution >= 0.6 is 0 Å². The molecular formula is C15H17FN2O2. The van der Waals surface area contributed by atoms with Gasteiger partial charge in [-0.1, -0.05) is 6.07 Å². The maximum absolute atomic E-state index is 13.9. The van der Waals surface area contributed by atoms with Crippen molar-refractivity contribution in [3.05, 3.63) is 29.8 Å². The first kappa shape index (κ1) is 13.1. The zero-order chi connectivity index (χ0) is 14.3. The molecule has 0 unspecified atom stereocenters. The van der Waals surface area contributed by atoms with Crippen LogP contribution in [0.1, 0.15) is 32.5 Å². The second-order valence-electron chi connectivity index (χ2n) is 5.09. The van der Waals surface area contributed by atoms with Gasteiger partial charge in [0.05, 0.1) is 12.1 Å². The minimum Gasteiger partial charge on any atom is -0.465 e. The lowest BCUT2D eigenvalue weighted by Gasteiger charge is -2.15. The highest BCUT2D eigenvalue weighted by atomic mass is 19.1. The third-order valence-corrected chi connectivity index (χ3v) is 3.89. The van der Waals surface area contributed by atoms with E-state index in [1.807, 2.05) is 17.6 Å². The van der Waals surface area contributed by atoms with Crippen molar-refractivity contribution in [1.82, 2.24) is 9.55 Å². The van der Waals surface area contributed by atoms with E-state index in [0.717, 1.165) is 18.4 Å². The molecule has 3 rings (SSSR count). The Morgan fingerprint density at radius 3 is 2.80 bits per heavy atom. The Labute approximate surface area is 116 Å². The maximum atomic E-state index is 13.9. The summed E-state index contributed by atoms with van der Waals surface area (Å²) in [6, 6.07) is 4.89. The number of carbonyl (C=O) groups is 1. The molecule has 1 heterocycles. The van der Waals surface area contributed by atoms with Crippen molar-refractivity contribution in [2.24, 2.45) is 0 Å². The molecule has 0 radical (unpaired) electrons. The summed E-state index contributed by atoms with van der Waals surface area (Å²) in [7, 11) is 0. The van der Waals surface area contributed by atoms with Crippen LogP contribution in [0.15, 0.2) is 18.2 Å². The number of imidazole rings is 1. The lowest BCUT2D eigenvalue weighted by atomic mass is 10.1. The first-order valence-corrected chi connectivity index (χ1v) is 6.96. The van der Waals surface area contributed by atoms with E-state index in [2.05, 4.69) is 4.98 Å². The molecule has 0 saturated heterocycles. The predicted molar refractivity (Wildman–Crippen MR) is 72.9 cm³/mol. The number of benzene rings is 1. The van der Waals surface area contributed by atoms with Gasteiger partial charge in [-0.2, -0.15) is 0 Å². The van der Waals surface area contributed by atoms with E-state index in [9.17, 15) is 9.18 Å².